The molecule has 1 saturated heterocycles. The minimum atomic E-state index is -0.865. The van der Waals surface area contributed by atoms with Gasteiger partial charge in [-0.3, -0.25) is 9.59 Å². The Morgan fingerprint density at radius 2 is 2.09 bits per heavy atom. The van der Waals surface area contributed by atoms with Gasteiger partial charge < -0.3 is 14.4 Å². The third-order valence-electron chi connectivity index (χ3n) is 4.31. The first-order valence-corrected chi connectivity index (χ1v) is 7.47. The predicted octanol–water partition coefficient (Wildman–Crippen LogP) is 3.19. The molecule has 0 saturated carbocycles. The highest BCUT2D eigenvalue weighted by Crippen LogP contribution is 2.31. The summed E-state index contributed by atoms with van der Waals surface area (Å²) >= 11 is 5.98. The normalized spacial score (nSPS) is 21.5. The van der Waals surface area contributed by atoms with Crippen molar-refractivity contribution in [3.8, 4) is 0 Å². The van der Waals surface area contributed by atoms with Crippen molar-refractivity contribution in [3.63, 3.8) is 0 Å². The van der Waals surface area contributed by atoms with Crippen molar-refractivity contribution < 1.29 is 19.1 Å². The summed E-state index contributed by atoms with van der Waals surface area (Å²) in [5.74, 6) is -1.46. The van der Waals surface area contributed by atoms with E-state index in [1.165, 1.54) is 0 Å². The molecule has 2 atom stereocenters. The van der Waals surface area contributed by atoms with Gasteiger partial charge in [0.2, 0.25) is 0 Å². The largest absolute Gasteiger partial charge is 0.481 e. The SMILES string of the molecule is Cc1c(C(=O)N2C[C@@H](C)[C@H](C(=O)O)C2)oc2ccc(Cl)cc12. The second kappa shape index (κ2) is 5.32. The van der Waals surface area contributed by atoms with Crippen molar-refractivity contribution in [2.45, 2.75) is 13.8 Å². The number of halogens is 1. The zero-order valence-corrected chi connectivity index (χ0v) is 13.1. The van der Waals surface area contributed by atoms with Gasteiger partial charge in [-0.05, 0) is 31.0 Å². The molecule has 6 heteroatoms. The number of fused-ring (bicyclic) bond motifs is 1. The second-order valence-corrected chi connectivity index (χ2v) is 6.27. The van der Waals surface area contributed by atoms with Gasteiger partial charge in [-0.2, -0.15) is 0 Å². The average Bonchev–Trinajstić information content (AvgIpc) is 3.00. The van der Waals surface area contributed by atoms with E-state index in [0.717, 1.165) is 10.9 Å². The lowest BCUT2D eigenvalue weighted by Gasteiger charge is -2.14. The summed E-state index contributed by atoms with van der Waals surface area (Å²) in [4.78, 5) is 25.4. The van der Waals surface area contributed by atoms with Gasteiger partial charge in [0, 0.05) is 29.1 Å². The van der Waals surface area contributed by atoms with E-state index >= 15 is 0 Å². The van der Waals surface area contributed by atoms with Gasteiger partial charge in [-0.25, -0.2) is 0 Å². The fourth-order valence-corrected chi connectivity index (χ4v) is 3.17. The topological polar surface area (TPSA) is 70.8 Å². The molecule has 0 unspecified atom stereocenters. The number of nitrogens with zero attached hydrogens (tertiary/aromatic N) is 1. The molecule has 1 aliphatic heterocycles. The predicted molar refractivity (Wildman–Crippen MR) is 82.2 cm³/mol. The lowest BCUT2D eigenvalue weighted by molar-refractivity contribution is -0.142. The summed E-state index contributed by atoms with van der Waals surface area (Å²) in [5, 5.41) is 10.6. The van der Waals surface area contributed by atoms with Crippen molar-refractivity contribution in [1.82, 2.24) is 4.90 Å². The third kappa shape index (κ3) is 2.35. The van der Waals surface area contributed by atoms with Gasteiger partial charge in [-0.1, -0.05) is 18.5 Å². The average molecular weight is 322 g/mol. The molecule has 116 valence electrons. The number of furan rings is 1. The van der Waals surface area contributed by atoms with E-state index in [9.17, 15) is 14.7 Å². The number of aryl methyl sites for hydroxylation is 1. The third-order valence-corrected chi connectivity index (χ3v) is 4.54. The molecule has 2 aromatic rings. The second-order valence-electron chi connectivity index (χ2n) is 5.83. The Hall–Kier alpha value is -2.01. The van der Waals surface area contributed by atoms with E-state index in [4.69, 9.17) is 16.0 Å². The van der Waals surface area contributed by atoms with Crippen molar-refractivity contribution in [3.05, 3.63) is 34.5 Å². The first kappa shape index (κ1) is 14.9. The fourth-order valence-electron chi connectivity index (χ4n) is 2.99. The lowest BCUT2D eigenvalue weighted by Crippen LogP contribution is -2.30. The molecule has 2 heterocycles. The lowest BCUT2D eigenvalue weighted by atomic mass is 9.99. The number of carbonyl (C=O) groups is 2. The Labute approximate surface area is 132 Å². The zero-order chi connectivity index (χ0) is 16.0. The highest BCUT2D eigenvalue weighted by atomic mass is 35.5. The van der Waals surface area contributed by atoms with Crippen LogP contribution in [0.2, 0.25) is 5.02 Å². The maximum atomic E-state index is 12.6. The van der Waals surface area contributed by atoms with Crippen LogP contribution in [0.4, 0.5) is 0 Å². The monoisotopic (exact) mass is 321 g/mol. The van der Waals surface area contributed by atoms with Crippen LogP contribution >= 0.6 is 11.6 Å². The van der Waals surface area contributed by atoms with Crippen molar-refractivity contribution >= 4 is 34.4 Å². The van der Waals surface area contributed by atoms with Crippen LogP contribution in [0, 0.1) is 18.8 Å². The van der Waals surface area contributed by atoms with Crippen molar-refractivity contribution in [2.75, 3.05) is 13.1 Å². The summed E-state index contributed by atoms with van der Waals surface area (Å²) in [6.45, 7) is 4.29. The number of benzene rings is 1. The molecule has 0 spiro atoms. The maximum Gasteiger partial charge on any atom is 0.308 e. The smallest absolute Gasteiger partial charge is 0.308 e. The number of amides is 1. The van der Waals surface area contributed by atoms with E-state index in [1.807, 2.05) is 13.8 Å². The number of hydrogen-bond acceptors (Lipinski definition) is 3. The number of carbonyl (C=O) groups excluding carboxylic acids is 1. The molecule has 1 fully saturated rings. The van der Waals surface area contributed by atoms with Gasteiger partial charge in [-0.15, -0.1) is 0 Å². The van der Waals surface area contributed by atoms with Gasteiger partial charge in [0.15, 0.2) is 5.76 Å². The van der Waals surface area contributed by atoms with Crippen LogP contribution in [0.25, 0.3) is 11.0 Å². The van der Waals surface area contributed by atoms with Crippen LogP contribution in [0.15, 0.2) is 22.6 Å². The fraction of sp³-hybridized carbons (Fsp3) is 0.375. The zero-order valence-electron chi connectivity index (χ0n) is 12.3. The standard InChI is InChI=1S/C16H16ClNO4/c1-8-6-18(7-12(8)16(20)21)15(19)14-9(2)11-5-10(17)3-4-13(11)22-14/h3-5,8,12H,6-7H2,1-2H3,(H,20,21)/t8-,12-/m1/s1. The van der Waals surface area contributed by atoms with Crippen LogP contribution in [-0.4, -0.2) is 35.0 Å². The van der Waals surface area contributed by atoms with Gasteiger partial charge >= 0.3 is 5.97 Å². The molecular formula is C16H16ClNO4. The van der Waals surface area contributed by atoms with Gasteiger partial charge in [0.1, 0.15) is 5.58 Å². The summed E-state index contributed by atoms with van der Waals surface area (Å²) in [5.41, 5.74) is 1.33. The van der Waals surface area contributed by atoms with Crippen LogP contribution in [0.1, 0.15) is 23.0 Å². The summed E-state index contributed by atoms with van der Waals surface area (Å²) < 4.78 is 5.66. The Morgan fingerprint density at radius 3 is 2.73 bits per heavy atom. The summed E-state index contributed by atoms with van der Waals surface area (Å²) in [6, 6.07) is 5.20. The number of aliphatic carboxylic acids is 1. The first-order chi connectivity index (χ1) is 10.4. The van der Waals surface area contributed by atoms with Crippen LogP contribution in [-0.2, 0) is 4.79 Å². The molecule has 1 aromatic heterocycles. The van der Waals surface area contributed by atoms with Crippen LogP contribution in [0.5, 0.6) is 0 Å². The Balaban J connectivity index is 1.93. The van der Waals surface area contributed by atoms with Crippen molar-refractivity contribution in [1.29, 1.82) is 0 Å². The molecule has 0 aliphatic carbocycles. The van der Waals surface area contributed by atoms with Gasteiger partial charge in [0.05, 0.1) is 5.92 Å². The number of hydrogen-bond donors (Lipinski definition) is 1. The minimum Gasteiger partial charge on any atom is -0.481 e. The molecule has 0 bridgehead atoms. The Morgan fingerprint density at radius 1 is 1.36 bits per heavy atom. The van der Waals surface area contributed by atoms with E-state index in [0.29, 0.717) is 17.2 Å². The molecule has 1 aliphatic rings. The van der Waals surface area contributed by atoms with Crippen LogP contribution < -0.4 is 0 Å². The molecule has 0 radical (unpaired) electrons. The maximum absolute atomic E-state index is 12.6. The molecule has 5 nitrogen and oxygen atoms in total. The summed E-state index contributed by atoms with van der Waals surface area (Å²) in [7, 11) is 0. The summed E-state index contributed by atoms with van der Waals surface area (Å²) in [6.07, 6.45) is 0. The Kier molecular flexibility index (Phi) is 3.60. The highest BCUT2D eigenvalue weighted by Gasteiger charge is 2.38. The molecular weight excluding hydrogens is 306 g/mol. The van der Waals surface area contributed by atoms with E-state index < -0.39 is 11.9 Å². The van der Waals surface area contributed by atoms with E-state index in [1.54, 1.807) is 23.1 Å². The molecule has 1 amide bonds. The minimum absolute atomic E-state index is 0.0689. The van der Waals surface area contributed by atoms with E-state index in [-0.39, 0.29) is 24.1 Å². The number of carboxylic acid groups (broad SMARTS) is 1. The molecule has 3 rings (SSSR count). The first-order valence-electron chi connectivity index (χ1n) is 7.09. The Bertz CT molecular complexity index is 767. The number of carboxylic acids is 1. The number of rotatable bonds is 2. The quantitative estimate of drug-likeness (QED) is 0.922. The van der Waals surface area contributed by atoms with Crippen LogP contribution in [0.3, 0.4) is 0 Å². The van der Waals surface area contributed by atoms with E-state index in [2.05, 4.69) is 0 Å². The van der Waals surface area contributed by atoms with Crippen molar-refractivity contribution in [2.24, 2.45) is 11.8 Å². The molecule has 22 heavy (non-hydrogen) atoms. The number of likely N-dealkylation sites (tertiary alicyclic amines) is 1. The molecule has 1 N–H and O–H groups in total. The molecule has 1 aromatic carbocycles. The highest BCUT2D eigenvalue weighted by molar-refractivity contribution is 6.31. The van der Waals surface area contributed by atoms with Gasteiger partial charge in [0.25, 0.3) is 5.91 Å².